The summed E-state index contributed by atoms with van der Waals surface area (Å²) >= 11 is 0. The van der Waals surface area contributed by atoms with Crippen LogP contribution in [0.4, 0.5) is 18.0 Å². The highest BCUT2D eigenvalue weighted by Crippen LogP contribution is 2.37. The van der Waals surface area contributed by atoms with Gasteiger partial charge in [-0.1, -0.05) is 6.42 Å². The fraction of sp³-hybridized carbons (Fsp3) is 0.867. The maximum Gasteiger partial charge on any atom is 0.391 e. The molecule has 23 heavy (non-hydrogen) atoms. The molecule has 0 aromatic rings. The molecule has 0 spiro atoms. The molecule has 0 bridgehead atoms. The molecule has 0 radical (unpaired) electrons. The summed E-state index contributed by atoms with van der Waals surface area (Å²) in [5, 5.41) is 14.3. The van der Waals surface area contributed by atoms with Gasteiger partial charge in [-0.15, -0.1) is 0 Å². The lowest BCUT2D eigenvalue weighted by Gasteiger charge is -2.32. The number of hydrogen-bond acceptors (Lipinski definition) is 2. The van der Waals surface area contributed by atoms with E-state index in [0.29, 0.717) is 38.5 Å². The van der Waals surface area contributed by atoms with Crippen LogP contribution in [0.1, 0.15) is 51.4 Å². The maximum atomic E-state index is 12.8. The number of hydrogen-bond donors (Lipinski definition) is 3. The highest BCUT2D eigenvalue weighted by molar-refractivity contribution is 5.74. The Morgan fingerprint density at radius 1 is 0.913 bits per heavy atom. The van der Waals surface area contributed by atoms with Gasteiger partial charge in [0.05, 0.1) is 11.8 Å². The lowest BCUT2D eigenvalue weighted by atomic mass is 9.85. The SMILES string of the molecule is O=C(NC1CCC(C(=O)O)CC1)NC1CCCC(C(F)(F)F)C1. The standard InChI is InChI=1S/C15H23F3N2O3/c16-15(17,18)10-2-1-3-12(8-10)20-14(23)19-11-6-4-9(5-7-11)13(21)22/h9-12H,1-8H2,(H,21,22)(H2,19,20,23). The molecule has 2 saturated carbocycles. The van der Waals surface area contributed by atoms with Crippen LogP contribution in [0.25, 0.3) is 0 Å². The lowest BCUT2D eigenvalue weighted by Crippen LogP contribution is -2.49. The van der Waals surface area contributed by atoms with Crippen LogP contribution in [0, 0.1) is 11.8 Å². The largest absolute Gasteiger partial charge is 0.481 e. The van der Waals surface area contributed by atoms with Gasteiger partial charge in [-0.25, -0.2) is 4.79 Å². The number of carbonyl (C=O) groups excluding carboxylic acids is 1. The fourth-order valence-electron chi connectivity index (χ4n) is 3.52. The second-order valence-corrected chi connectivity index (χ2v) is 6.61. The highest BCUT2D eigenvalue weighted by atomic mass is 19.4. The third-order valence-corrected chi connectivity index (χ3v) is 4.88. The van der Waals surface area contributed by atoms with E-state index < -0.39 is 30.1 Å². The number of aliphatic carboxylic acids is 1. The third-order valence-electron chi connectivity index (χ3n) is 4.88. The van der Waals surface area contributed by atoms with Gasteiger partial charge >= 0.3 is 18.2 Å². The van der Waals surface area contributed by atoms with Gasteiger partial charge in [0.15, 0.2) is 0 Å². The van der Waals surface area contributed by atoms with Gasteiger partial charge in [0.25, 0.3) is 0 Å². The summed E-state index contributed by atoms with van der Waals surface area (Å²) in [6.07, 6.45) is -0.929. The number of urea groups is 1. The Hall–Kier alpha value is -1.47. The second kappa shape index (κ2) is 7.40. The van der Waals surface area contributed by atoms with Gasteiger partial charge < -0.3 is 15.7 Å². The zero-order valence-corrected chi connectivity index (χ0v) is 12.9. The molecule has 0 heterocycles. The number of rotatable bonds is 3. The molecule has 2 aliphatic carbocycles. The minimum absolute atomic E-state index is 0.0668. The van der Waals surface area contributed by atoms with Crippen molar-refractivity contribution in [3.63, 3.8) is 0 Å². The first-order chi connectivity index (χ1) is 10.8. The van der Waals surface area contributed by atoms with E-state index in [1.807, 2.05) is 0 Å². The quantitative estimate of drug-likeness (QED) is 0.741. The number of nitrogens with one attached hydrogen (secondary N) is 2. The lowest BCUT2D eigenvalue weighted by molar-refractivity contribution is -0.183. The molecule has 2 unspecified atom stereocenters. The van der Waals surface area contributed by atoms with Crippen LogP contribution in [0.5, 0.6) is 0 Å². The Balaban J connectivity index is 1.74. The molecule has 0 aromatic heterocycles. The Morgan fingerprint density at radius 2 is 1.52 bits per heavy atom. The zero-order chi connectivity index (χ0) is 17.0. The Kier molecular flexibility index (Phi) is 5.75. The Morgan fingerprint density at radius 3 is 2.09 bits per heavy atom. The van der Waals surface area contributed by atoms with Crippen LogP contribution in [0.2, 0.25) is 0 Å². The summed E-state index contributed by atoms with van der Waals surface area (Å²) in [5.41, 5.74) is 0. The molecule has 2 amide bonds. The van der Waals surface area contributed by atoms with E-state index in [4.69, 9.17) is 5.11 Å². The molecule has 0 aliphatic heterocycles. The number of alkyl halides is 3. The van der Waals surface area contributed by atoms with E-state index >= 15 is 0 Å². The molecule has 8 heteroatoms. The van der Waals surface area contributed by atoms with Crippen molar-refractivity contribution in [2.24, 2.45) is 11.8 Å². The van der Waals surface area contributed by atoms with Crippen LogP contribution >= 0.6 is 0 Å². The molecule has 0 saturated heterocycles. The number of halogens is 3. The predicted octanol–water partition coefficient (Wildman–Crippen LogP) is 3.05. The van der Waals surface area contributed by atoms with E-state index in [9.17, 15) is 22.8 Å². The average Bonchev–Trinajstić information content (AvgIpc) is 2.47. The minimum Gasteiger partial charge on any atom is -0.481 e. The monoisotopic (exact) mass is 336 g/mol. The van der Waals surface area contributed by atoms with Gasteiger partial charge in [-0.05, 0) is 44.9 Å². The van der Waals surface area contributed by atoms with Crippen LogP contribution in [-0.2, 0) is 4.79 Å². The third kappa shape index (κ3) is 5.28. The molecule has 2 rings (SSSR count). The smallest absolute Gasteiger partial charge is 0.391 e. The van der Waals surface area contributed by atoms with Crippen molar-refractivity contribution >= 4 is 12.0 Å². The van der Waals surface area contributed by atoms with Crippen molar-refractivity contribution in [1.82, 2.24) is 10.6 Å². The fourth-order valence-corrected chi connectivity index (χ4v) is 3.52. The Bertz CT molecular complexity index is 434. The summed E-state index contributed by atoms with van der Waals surface area (Å²) in [7, 11) is 0. The van der Waals surface area contributed by atoms with Crippen LogP contribution < -0.4 is 10.6 Å². The minimum atomic E-state index is -4.20. The van der Waals surface area contributed by atoms with Crippen molar-refractivity contribution in [1.29, 1.82) is 0 Å². The first-order valence-electron chi connectivity index (χ1n) is 8.12. The summed E-state index contributed by atoms with van der Waals surface area (Å²) in [6, 6.07) is -1.00. The van der Waals surface area contributed by atoms with Gasteiger partial charge in [0.1, 0.15) is 0 Å². The van der Waals surface area contributed by atoms with E-state index in [0.717, 1.165) is 0 Å². The molecule has 0 aromatic carbocycles. The average molecular weight is 336 g/mol. The van der Waals surface area contributed by atoms with Gasteiger partial charge in [-0.3, -0.25) is 4.79 Å². The summed E-state index contributed by atoms with van der Waals surface area (Å²) in [5.74, 6) is -2.51. The van der Waals surface area contributed by atoms with Gasteiger partial charge in [0, 0.05) is 12.1 Å². The number of carbonyl (C=O) groups is 2. The molecule has 5 nitrogen and oxygen atoms in total. The first-order valence-corrected chi connectivity index (χ1v) is 8.12. The summed E-state index contributed by atoms with van der Waals surface area (Å²) in [6.45, 7) is 0. The van der Waals surface area contributed by atoms with Crippen LogP contribution in [-0.4, -0.2) is 35.4 Å². The van der Waals surface area contributed by atoms with Crippen molar-refractivity contribution in [2.45, 2.75) is 69.6 Å². The number of carboxylic acids is 1. The molecule has 2 aliphatic rings. The molecule has 2 fully saturated rings. The van der Waals surface area contributed by atoms with Crippen molar-refractivity contribution in [2.75, 3.05) is 0 Å². The number of carboxylic acid groups (broad SMARTS) is 1. The summed E-state index contributed by atoms with van der Waals surface area (Å²) < 4.78 is 38.3. The van der Waals surface area contributed by atoms with Crippen molar-refractivity contribution in [3.8, 4) is 0 Å². The molecule has 3 N–H and O–H groups in total. The summed E-state index contributed by atoms with van der Waals surface area (Å²) in [4.78, 5) is 22.8. The molecular weight excluding hydrogens is 313 g/mol. The number of amides is 2. The highest BCUT2D eigenvalue weighted by Gasteiger charge is 2.42. The molecule has 132 valence electrons. The van der Waals surface area contributed by atoms with Crippen molar-refractivity contribution < 1.29 is 27.9 Å². The molecule has 2 atom stereocenters. The maximum absolute atomic E-state index is 12.8. The predicted molar refractivity (Wildman–Crippen MR) is 76.9 cm³/mol. The van der Waals surface area contributed by atoms with Gasteiger partial charge in [-0.2, -0.15) is 13.2 Å². The second-order valence-electron chi connectivity index (χ2n) is 6.61. The van der Waals surface area contributed by atoms with E-state index in [2.05, 4.69) is 10.6 Å². The normalized spacial score (nSPS) is 32.1. The Labute approximate surface area is 133 Å². The van der Waals surface area contributed by atoms with Crippen molar-refractivity contribution in [3.05, 3.63) is 0 Å². The van der Waals surface area contributed by atoms with E-state index in [-0.39, 0.29) is 24.8 Å². The topological polar surface area (TPSA) is 78.4 Å². The van der Waals surface area contributed by atoms with Crippen LogP contribution in [0.3, 0.4) is 0 Å². The first kappa shape index (κ1) is 17.9. The van der Waals surface area contributed by atoms with E-state index in [1.54, 1.807) is 0 Å². The van der Waals surface area contributed by atoms with E-state index in [1.165, 1.54) is 0 Å². The zero-order valence-electron chi connectivity index (χ0n) is 12.9. The molecular formula is C15H23F3N2O3. The van der Waals surface area contributed by atoms with Gasteiger partial charge in [0.2, 0.25) is 0 Å². The van der Waals surface area contributed by atoms with Crippen LogP contribution in [0.15, 0.2) is 0 Å².